The van der Waals surface area contributed by atoms with Crippen molar-refractivity contribution >= 4 is 27.7 Å². The third kappa shape index (κ3) is 4.44. The summed E-state index contributed by atoms with van der Waals surface area (Å²) in [6.45, 7) is 0.137. The molecule has 3 aromatic carbocycles. The van der Waals surface area contributed by atoms with Crippen molar-refractivity contribution in [1.29, 1.82) is 0 Å². The van der Waals surface area contributed by atoms with Crippen LogP contribution in [0.4, 0.5) is 0 Å². The Kier molecular flexibility index (Phi) is 5.96. The third-order valence-electron chi connectivity index (χ3n) is 6.46. The number of rotatable bonds is 6. The third-order valence-corrected chi connectivity index (χ3v) is 6.46. The molecule has 10 nitrogen and oxygen atoms in total. The van der Waals surface area contributed by atoms with E-state index in [0.29, 0.717) is 50.3 Å². The number of hydrogen-bond donors (Lipinski definition) is 4. The van der Waals surface area contributed by atoms with Crippen LogP contribution < -0.4 is 15.6 Å². The van der Waals surface area contributed by atoms with Crippen LogP contribution in [0.5, 0.6) is 11.6 Å². The van der Waals surface area contributed by atoms with Crippen LogP contribution in [-0.4, -0.2) is 43.3 Å². The second-order valence-electron chi connectivity index (χ2n) is 8.84. The maximum absolute atomic E-state index is 13.0. The molecule has 0 fully saturated rings. The SMILES string of the molecule is COc1ncccc1-c1ccc(O)c(-c2nc3cc(C(=O)NCc4n[nH]c(=O)c5ccccc45)ccc3[nH]2)c1. The first-order valence-electron chi connectivity index (χ1n) is 12.1. The molecule has 1 amide bonds. The fraction of sp³-hybridized carbons (Fsp3) is 0.0690. The molecule has 0 unspecified atom stereocenters. The molecule has 192 valence electrons. The first kappa shape index (κ1) is 23.9. The van der Waals surface area contributed by atoms with Gasteiger partial charge in [-0.15, -0.1) is 0 Å². The predicted octanol–water partition coefficient (Wildman–Crippen LogP) is 4.17. The van der Waals surface area contributed by atoms with E-state index >= 15 is 0 Å². The van der Waals surface area contributed by atoms with Crippen molar-refractivity contribution in [2.24, 2.45) is 0 Å². The topological polar surface area (TPSA) is 146 Å². The van der Waals surface area contributed by atoms with Gasteiger partial charge in [0.1, 0.15) is 11.6 Å². The van der Waals surface area contributed by atoms with Gasteiger partial charge in [0.2, 0.25) is 5.88 Å². The molecule has 0 saturated heterocycles. The molecule has 0 spiro atoms. The molecule has 10 heteroatoms. The van der Waals surface area contributed by atoms with Crippen molar-refractivity contribution in [1.82, 2.24) is 30.5 Å². The van der Waals surface area contributed by atoms with Crippen LogP contribution >= 0.6 is 0 Å². The number of carbonyl (C=O) groups excluding carboxylic acids is 1. The van der Waals surface area contributed by atoms with Crippen molar-refractivity contribution in [2.75, 3.05) is 7.11 Å². The van der Waals surface area contributed by atoms with Crippen molar-refractivity contribution in [3.05, 3.63) is 101 Å². The predicted molar refractivity (Wildman–Crippen MR) is 147 cm³/mol. The number of carbonyl (C=O) groups is 1. The number of ether oxygens (including phenoxy) is 1. The number of benzene rings is 3. The second-order valence-corrected chi connectivity index (χ2v) is 8.84. The van der Waals surface area contributed by atoms with E-state index in [1.807, 2.05) is 24.3 Å². The van der Waals surface area contributed by atoms with Gasteiger partial charge in [-0.3, -0.25) is 9.59 Å². The number of fused-ring (bicyclic) bond motifs is 2. The summed E-state index contributed by atoms with van der Waals surface area (Å²) < 4.78 is 5.38. The lowest BCUT2D eigenvalue weighted by atomic mass is 10.0. The number of nitrogens with zero attached hydrogens (tertiary/aromatic N) is 3. The minimum atomic E-state index is -0.313. The number of aromatic nitrogens is 5. The lowest BCUT2D eigenvalue weighted by Crippen LogP contribution is -2.24. The van der Waals surface area contributed by atoms with Gasteiger partial charge >= 0.3 is 0 Å². The number of aromatic amines is 2. The molecule has 6 aromatic rings. The number of H-pyrrole nitrogens is 2. The van der Waals surface area contributed by atoms with Crippen LogP contribution in [0.2, 0.25) is 0 Å². The monoisotopic (exact) mass is 518 g/mol. The van der Waals surface area contributed by atoms with Gasteiger partial charge < -0.3 is 20.1 Å². The fourth-order valence-electron chi connectivity index (χ4n) is 4.51. The van der Waals surface area contributed by atoms with E-state index in [2.05, 4.69) is 30.5 Å². The second kappa shape index (κ2) is 9.75. The van der Waals surface area contributed by atoms with E-state index in [1.54, 1.807) is 61.8 Å². The summed E-state index contributed by atoms with van der Waals surface area (Å²) in [5.41, 5.74) is 4.04. The van der Waals surface area contributed by atoms with Crippen LogP contribution in [0.25, 0.3) is 44.3 Å². The summed E-state index contributed by atoms with van der Waals surface area (Å²) in [7, 11) is 1.56. The fourth-order valence-corrected chi connectivity index (χ4v) is 4.51. The average Bonchev–Trinajstić information content (AvgIpc) is 3.40. The number of hydrogen-bond acceptors (Lipinski definition) is 7. The van der Waals surface area contributed by atoms with Crippen LogP contribution in [-0.2, 0) is 6.54 Å². The van der Waals surface area contributed by atoms with Crippen molar-refractivity contribution in [3.63, 3.8) is 0 Å². The molecule has 0 aliphatic heterocycles. The Bertz CT molecular complexity index is 1930. The molecular formula is C29H22N6O4. The van der Waals surface area contributed by atoms with Crippen LogP contribution in [0.3, 0.4) is 0 Å². The van der Waals surface area contributed by atoms with Gasteiger partial charge in [-0.05, 0) is 54.1 Å². The molecule has 0 aliphatic rings. The van der Waals surface area contributed by atoms with Gasteiger partial charge in [-0.2, -0.15) is 5.10 Å². The smallest absolute Gasteiger partial charge is 0.272 e. The zero-order valence-corrected chi connectivity index (χ0v) is 20.7. The number of amides is 1. The number of imidazole rings is 1. The minimum Gasteiger partial charge on any atom is -0.507 e. The van der Waals surface area contributed by atoms with Gasteiger partial charge in [-0.25, -0.2) is 15.1 Å². The Labute approximate surface area is 221 Å². The molecular weight excluding hydrogens is 496 g/mol. The minimum absolute atomic E-state index is 0.0549. The molecule has 3 heterocycles. The summed E-state index contributed by atoms with van der Waals surface area (Å²) in [6, 6.07) is 21.1. The Morgan fingerprint density at radius 3 is 2.69 bits per heavy atom. The highest BCUT2D eigenvalue weighted by Crippen LogP contribution is 2.35. The van der Waals surface area contributed by atoms with Crippen LogP contribution in [0.15, 0.2) is 83.8 Å². The number of methoxy groups -OCH3 is 1. The number of pyridine rings is 1. The van der Waals surface area contributed by atoms with Crippen molar-refractivity contribution < 1.29 is 14.6 Å². The molecule has 6 rings (SSSR count). The summed E-state index contributed by atoms with van der Waals surface area (Å²) in [6.07, 6.45) is 1.65. The van der Waals surface area contributed by atoms with Gasteiger partial charge in [0.25, 0.3) is 11.5 Å². The molecule has 0 atom stereocenters. The highest BCUT2D eigenvalue weighted by Gasteiger charge is 2.16. The van der Waals surface area contributed by atoms with Crippen molar-refractivity contribution in [2.45, 2.75) is 6.54 Å². The van der Waals surface area contributed by atoms with E-state index in [-0.39, 0.29) is 23.8 Å². The molecule has 3 aromatic heterocycles. The first-order chi connectivity index (χ1) is 19.0. The zero-order valence-electron chi connectivity index (χ0n) is 20.7. The number of phenols is 1. The summed E-state index contributed by atoms with van der Waals surface area (Å²) in [5.74, 6) is 0.666. The Morgan fingerprint density at radius 2 is 1.85 bits per heavy atom. The lowest BCUT2D eigenvalue weighted by Gasteiger charge is -2.09. The average molecular weight is 519 g/mol. The molecule has 4 N–H and O–H groups in total. The van der Waals surface area contributed by atoms with E-state index < -0.39 is 0 Å². The zero-order chi connectivity index (χ0) is 26.9. The Hall–Kier alpha value is -5.51. The molecule has 39 heavy (non-hydrogen) atoms. The quantitative estimate of drug-likeness (QED) is 0.259. The van der Waals surface area contributed by atoms with E-state index in [9.17, 15) is 14.7 Å². The highest BCUT2D eigenvalue weighted by molar-refractivity contribution is 5.98. The summed E-state index contributed by atoms with van der Waals surface area (Å²) >= 11 is 0. The van der Waals surface area contributed by atoms with Crippen LogP contribution in [0.1, 0.15) is 16.1 Å². The molecule has 0 saturated carbocycles. The Morgan fingerprint density at radius 1 is 1.00 bits per heavy atom. The molecule has 0 aliphatic carbocycles. The van der Waals surface area contributed by atoms with E-state index in [4.69, 9.17) is 4.74 Å². The first-order valence-corrected chi connectivity index (χ1v) is 12.1. The van der Waals surface area contributed by atoms with Crippen molar-refractivity contribution in [3.8, 4) is 34.1 Å². The number of phenolic OH excluding ortho intramolecular Hbond substituents is 1. The van der Waals surface area contributed by atoms with Gasteiger partial charge in [0, 0.05) is 22.7 Å². The van der Waals surface area contributed by atoms with Gasteiger partial charge in [-0.1, -0.05) is 24.3 Å². The number of nitrogens with one attached hydrogen (secondary N) is 3. The normalized spacial score (nSPS) is 11.1. The number of aromatic hydroxyl groups is 1. The standard InChI is InChI=1S/C29H22N6O4/c1-39-29-18(7-4-12-30-29)16-9-11-25(36)21(13-16)26-32-22-10-8-17(14-23(22)33-26)27(37)31-15-24-19-5-2-3-6-20(19)28(38)35-34-24/h2-14,36H,15H2,1H3,(H,31,37)(H,32,33)(H,35,38). The molecule has 0 bridgehead atoms. The maximum Gasteiger partial charge on any atom is 0.272 e. The summed E-state index contributed by atoms with van der Waals surface area (Å²) in [4.78, 5) is 37.1. The molecule has 0 radical (unpaired) electrons. The van der Waals surface area contributed by atoms with E-state index in [1.165, 1.54) is 0 Å². The van der Waals surface area contributed by atoms with E-state index in [0.717, 1.165) is 11.1 Å². The largest absolute Gasteiger partial charge is 0.507 e. The maximum atomic E-state index is 13.0. The van der Waals surface area contributed by atoms with Gasteiger partial charge in [0.15, 0.2) is 0 Å². The summed E-state index contributed by atoms with van der Waals surface area (Å²) in [5, 5.41) is 21.2. The van der Waals surface area contributed by atoms with Crippen LogP contribution in [0, 0.1) is 0 Å². The highest BCUT2D eigenvalue weighted by atomic mass is 16.5. The van der Waals surface area contributed by atoms with Gasteiger partial charge in [0.05, 0.1) is 41.3 Å². The Balaban J connectivity index is 1.27. The lowest BCUT2D eigenvalue weighted by molar-refractivity contribution is 0.0950.